The van der Waals surface area contributed by atoms with Crippen LogP contribution in [0.1, 0.15) is 162 Å². The molecule has 0 radical (unpaired) electrons. The first-order valence-electron chi connectivity index (χ1n) is 18.7. The van der Waals surface area contributed by atoms with Crippen molar-refractivity contribution in [3.8, 4) is 0 Å². The first kappa shape index (κ1) is 38.4. The molecule has 0 aromatic heterocycles. The van der Waals surface area contributed by atoms with Crippen LogP contribution in [0.2, 0.25) is 0 Å². The van der Waals surface area contributed by atoms with Crippen LogP contribution in [-0.4, -0.2) is 81.3 Å². The van der Waals surface area contributed by atoms with Gasteiger partial charge in [0, 0.05) is 12.0 Å². The van der Waals surface area contributed by atoms with E-state index >= 15 is 0 Å². The average molecular weight is 639 g/mol. The van der Waals surface area contributed by atoms with Gasteiger partial charge in [0.2, 0.25) is 0 Å². The highest BCUT2D eigenvalue weighted by molar-refractivity contribution is 5.90. The first-order valence-corrected chi connectivity index (χ1v) is 18.7. The quantitative estimate of drug-likeness (QED) is 0.0634. The van der Waals surface area contributed by atoms with Crippen LogP contribution >= 0.6 is 0 Å². The zero-order valence-corrected chi connectivity index (χ0v) is 28.5. The third-order valence-corrected chi connectivity index (χ3v) is 10.1. The van der Waals surface area contributed by atoms with Crippen molar-refractivity contribution in [2.45, 2.75) is 216 Å². The maximum Gasteiger partial charge on any atom is 0.334 e. The molecule has 0 amide bonds. The summed E-state index contributed by atoms with van der Waals surface area (Å²) in [6.07, 6.45) is 21.9. The van der Waals surface area contributed by atoms with Gasteiger partial charge >= 0.3 is 5.97 Å². The van der Waals surface area contributed by atoms with Crippen LogP contribution in [0.25, 0.3) is 0 Å². The van der Waals surface area contributed by atoms with Gasteiger partial charge < -0.3 is 34.6 Å². The lowest BCUT2D eigenvalue weighted by atomic mass is 9.99. The van der Waals surface area contributed by atoms with Gasteiger partial charge in [-0.3, -0.25) is 0 Å². The van der Waals surface area contributed by atoms with Crippen molar-refractivity contribution in [2.24, 2.45) is 0 Å². The number of cyclic esters (lactones) is 1. The monoisotopic (exact) mass is 638 g/mol. The predicted molar refractivity (Wildman–Crippen MR) is 177 cm³/mol. The summed E-state index contributed by atoms with van der Waals surface area (Å²) in [5.41, 5.74) is 0.610. The zero-order chi connectivity index (χ0) is 32.4. The molecule has 1 unspecified atom stereocenters. The highest BCUT2D eigenvalue weighted by atomic mass is 16.6. The zero-order valence-electron chi connectivity index (χ0n) is 28.5. The van der Waals surface area contributed by atoms with Crippen molar-refractivity contribution < 1.29 is 39.4 Å². The number of hydrogen-bond donors (Lipinski definition) is 4. The van der Waals surface area contributed by atoms with Gasteiger partial charge in [0.1, 0.15) is 6.10 Å². The number of ether oxygens (including phenoxy) is 3. The van der Waals surface area contributed by atoms with E-state index in [1.165, 1.54) is 38.5 Å². The average Bonchev–Trinajstić information content (AvgIpc) is 3.76. The molecular weight excluding hydrogens is 572 g/mol. The molecule has 8 heteroatoms. The molecule has 4 N–H and O–H groups in total. The van der Waals surface area contributed by atoms with Gasteiger partial charge in [-0.2, -0.15) is 0 Å². The Labute approximate surface area is 273 Å². The van der Waals surface area contributed by atoms with Crippen LogP contribution < -0.4 is 0 Å². The largest absolute Gasteiger partial charge is 0.455 e. The van der Waals surface area contributed by atoms with Crippen LogP contribution in [0.15, 0.2) is 11.6 Å². The molecule has 3 aliphatic rings. The van der Waals surface area contributed by atoms with Crippen molar-refractivity contribution in [1.82, 2.24) is 0 Å². The molecule has 0 bridgehead atoms. The number of unbranched alkanes of at least 4 members (excludes halogenated alkanes) is 10. The van der Waals surface area contributed by atoms with E-state index in [9.17, 15) is 25.2 Å². The first-order chi connectivity index (χ1) is 21.8. The van der Waals surface area contributed by atoms with Gasteiger partial charge in [0.25, 0.3) is 0 Å². The van der Waals surface area contributed by atoms with E-state index in [1.807, 2.05) is 13.0 Å². The van der Waals surface area contributed by atoms with Crippen molar-refractivity contribution in [1.29, 1.82) is 0 Å². The lowest BCUT2D eigenvalue weighted by Crippen LogP contribution is -2.33. The molecule has 0 aromatic carbocycles. The van der Waals surface area contributed by atoms with Gasteiger partial charge in [0.15, 0.2) is 0 Å². The Hall–Kier alpha value is -1.03. The number of hydrogen-bond acceptors (Lipinski definition) is 8. The van der Waals surface area contributed by atoms with E-state index in [1.54, 1.807) is 0 Å². The second-order valence-corrected chi connectivity index (χ2v) is 14.2. The second-order valence-electron chi connectivity index (χ2n) is 14.2. The van der Waals surface area contributed by atoms with Gasteiger partial charge in [0.05, 0.1) is 48.8 Å². The summed E-state index contributed by atoms with van der Waals surface area (Å²) in [4.78, 5) is 11.7. The normalized spacial score (nSPS) is 27.8. The summed E-state index contributed by atoms with van der Waals surface area (Å²) in [5.74, 6) is -0.286. The van der Waals surface area contributed by atoms with Gasteiger partial charge in [-0.05, 0) is 77.2 Å². The minimum atomic E-state index is -0.490. The molecule has 3 rings (SSSR count). The molecule has 0 aliphatic carbocycles. The number of aliphatic hydroxyl groups excluding tert-OH is 4. The molecule has 262 valence electrons. The van der Waals surface area contributed by atoms with Gasteiger partial charge in [-0.25, -0.2) is 4.79 Å². The number of rotatable bonds is 25. The summed E-state index contributed by atoms with van der Waals surface area (Å²) in [6.45, 7) is 4.03. The molecule has 2 fully saturated rings. The fourth-order valence-corrected chi connectivity index (χ4v) is 7.31. The number of carbonyl (C=O) groups excluding carboxylic acids is 1. The van der Waals surface area contributed by atoms with Crippen LogP contribution in [0, 0.1) is 0 Å². The Kier molecular flexibility index (Phi) is 18.6. The van der Waals surface area contributed by atoms with Crippen molar-refractivity contribution in [2.75, 3.05) is 0 Å². The Morgan fingerprint density at radius 2 is 1.11 bits per heavy atom. The topological polar surface area (TPSA) is 126 Å². The van der Waals surface area contributed by atoms with E-state index in [4.69, 9.17) is 14.2 Å². The lowest BCUT2D eigenvalue weighted by molar-refractivity contribution is -0.139. The fourth-order valence-electron chi connectivity index (χ4n) is 7.31. The molecule has 0 saturated carbocycles. The summed E-state index contributed by atoms with van der Waals surface area (Å²) in [7, 11) is 0. The lowest BCUT2D eigenvalue weighted by Gasteiger charge is -2.24. The van der Waals surface area contributed by atoms with Crippen LogP contribution in [0.4, 0.5) is 0 Å². The Morgan fingerprint density at radius 1 is 0.644 bits per heavy atom. The summed E-state index contributed by atoms with van der Waals surface area (Å²) >= 11 is 0. The minimum Gasteiger partial charge on any atom is -0.455 e. The minimum absolute atomic E-state index is 0.00146. The van der Waals surface area contributed by atoms with Gasteiger partial charge in [-0.1, -0.05) is 84.0 Å². The number of carbonyl (C=O) groups is 1. The van der Waals surface area contributed by atoms with E-state index in [0.717, 1.165) is 96.3 Å². The van der Waals surface area contributed by atoms with Crippen molar-refractivity contribution in [3.05, 3.63) is 11.6 Å². The Bertz CT molecular complexity index is 833. The summed E-state index contributed by atoms with van der Waals surface area (Å²) in [5, 5.41) is 41.9. The van der Waals surface area contributed by atoms with E-state index in [0.29, 0.717) is 18.4 Å². The highest BCUT2D eigenvalue weighted by Gasteiger charge is 2.40. The third-order valence-electron chi connectivity index (χ3n) is 10.1. The third kappa shape index (κ3) is 14.7. The Balaban J connectivity index is 1.14. The van der Waals surface area contributed by atoms with E-state index in [2.05, 4.69) is 6.92 Å². The fraction of sp³-hybridized carbons (Fsp3) is 0.919. The maximum atomic E-state index is 11.7. The van der Waals surface area contributed by atoms with Crippen molar-refractivity contribution in [3.63, 3.8) is 0 Å². The molecule has 3 heterocycles. The smallest absolute Gasteiger partial charge is 0.334 e. The van der Waals surface area contributed by atoms with E-state index < -0.39 is 18.3 Å². The Morgan fingerprint density at radius 3 is 1.64 bits per heavy atom. The molecule has 2 saturated heterocycles. The van der Waals surface area contributed by atoms with Crippen LogP contribution in [0.5, 0.6) is 0 Å². The maximum absolute atomic E-state index is 11.7. The molecule has 0 spiro atoms. The molecule has 8 nitrogen and oxygen atoms in total. The molecule has 3 aliphatic heterocycles. The second kappa shape index (κ2) is 21.8. The van der Waals surface area contributed by atoms with E-state index in [-0.39, 0.29) is 42.6 Å². The summed E-state index contributed by atoms with van der Waals surface area (Å²) < 4.78 is 17.6. The van der Waals surface area contributed by atoms with Gasteiger partial charge in [-0.15, -0.1) is 0 Å². The SMILES string of the molecule is CCCCCCC(O)CCC[C@H](O)[C@H]1CC[C@H]([C@H]2CC[C@H]([C@H](O)CCCCCCCCCC[C@@H](O)CC3=C[C@H](C)OC3=O)O2)O1. The molecule has 9 atom stereocenters. The number of esters is 1. The molecule has 0 aromatic rings. The molecule has 45 heavy (non-hydrogen) atoms. The van der Waals surface area contributed by atoms with Crippen molar-refractivity contribution >= 4 is 5.97 Å². The predicted octanol–water partition coefficient (Wildman–Crippen LogP) is 6.83. The van der Waals surface area contributed by atoms with Crippen LogP contribution in [-0.2, 0) is 19.0 Å². The standard InChI is InChI=1S/C37H66O8/c1-3-4-5-12-16-29(38)18-15-20-32(41)34-22-24-36(45-34)35-23-21-33(44-35)31(40)19-14-11-9-7-6-8-10-13-17-30(39)26-28-25-27(2)43-37(28)42/h25,27,29-36,38-41H,3-24,26H2,1-2H3/t27-,29?,30+,31+,32-,33+,34+,35+,36+/m0/s1. The van der Waals surface area contributed by atoms with Crippen LogP contribution in [0.3, 0.4) is 0 Å². The highest BCUT2D eigenvalue weighted by Crippen LogP contribution is 2.34. The summed E-state index contributed by atoms with van der Waals surface area (Å²) in [6, 6.07) is 0. The molecular formula is C37H66O8. The number of aliphatic hydroxyl groups is 4.